The molecule has 0 aliphatic heterocycles. The fourth-order valence-electron chi connectivity index (χ4n) is 3.40. The lowest BCUT2D eigenvalue weighted by molar-refractivity contribution is 0.0989. The van der Waals surface area contributed by atoms with E-state index in [1.807, 2.05) is 53.4 Å². The molecule has 0 saturated heterocycles. The quantitative estimate of drug-likeness (QED) is 0.438. The Labute approximate surface area is 178 Å². The number of hydrogen-bond donors (Lipinski definition) is 2. The summed E-state index contributed by atoms with van der Waals surface area (Å²) in [6.07, 6.45) is 0.970. The topological polar surface area (TPSA) is 82.4 Å². The number of aromatic nitrogens is 2. The number of benzene rings is 1. The number of aromatic amines is 1. The van der Waals surface area contributed by atoms with Crippen LogP contribution in [-0.2, 0) is 13.1 Å². The molecule has 3 aromatic heterocycles. The second kappa shape index (κ2) is 8.95. The third-order valence-electron chi connectivity index (χ3n) is 4.99. The Morgan fingerprint density at radius 1 is 1.17 bits per heavy atom. The second-order valence-corrected chi connectivity index (χ2v) is 8.77. The summed E-state index contributed by atoms with van der Waals surface area (Å²) in [5.74, 6) is 1.72. The van der Waals surface area contributed by atoms with Crippen molar-refractivity contribution in [3.8, 4) is 0 Å². The zero-order valence-electron chi connectivity index (χ0n) is 17.0. The highest BCUT2D eigenvalue weighted by Crippen LogP contribution is 2.27. The van der Waals surface area contributed by atoms with Crippen LogP contribution in [-0.4, -0.2) is 26.5 Å². The van der Waals surface area contributed by atoms with E-state index in [1.165, 1.54) is 0 Å². The van der Waals surface area contributed by atoms with E-state index in [9.17, 15) is 9.90 Å². The molecule has 6 nitrogen and oxygen atoms in total. The number of nitrogens with zero attached hydrogens (tertiary/aromatic N) is 2. The van der Waals surface area contributed by atoms with Crippen LogP contribution >= 0.6 is 11.3 Å². The molecule has 30 heavy (non-hydrogen) atoms. The smallest absolute Gasteiger partial charge is 0.259 e. The summed E-state index contributed by atoms with van der Waals surface area (Å²) in [7, 11) is 0. The minimum absolute atomic E-state index is 0.125. The number of nitrogens with one attached hydrogen (secondary N) is 1. The fraction of sp³-hybridized carbons (Fsp3) is 0.304. The number of aliphatic hydroxyl groups excluding tert-OH is 1. The molecule has 0 fully saturated rings. The number of furan rings is 1. The van der Waals surface area contributed by atoms with Gasteiger partial charge in [0.2, 0.25) is 0 Å². The van der Waals surface area contributed by atoms with Gasteiger partial charge in [0.05, 0.1) is 30.8 Å². The summed E-state index contributed by atoms with van der Waals surface area (Å²) in [4.78, 5) is 24.1. The van der Waals surface area contributed by atoms with Crippen molar-refractivity contribution in [1.29, 1.82) is 0 Å². The molecule has 1 unspecified atom stereocenters. The molecule has 156 valence electrons. The average molecular weight is 424 g/mol. The van der Waals surface area contributed by atoms with Crippen molar-refractivity contribution in [2.75, 3.05) is 6.54 Å². The van der Waals surface area contributed by atoms with Crippen molar-refractivity contribution in [3.63, 3.8) is 0 Å². The van der Waals surface area contributed by atoms with Crippen LogP contribution in [0.2, 0.25) is 0 Å². The van der Waals surface area contributed by atoms with Gasteiger partial charge in [-0.15, -0.1) is 11.3 Å². The predicted molar refractivity (Wildman–Crippen MR) is 119 cm³/mol. The second-order valence-electron chi connectivity index (χ2n) is 7.71. The van der Waals surface area contributed by atoms with Crippen molar-refractivity contribution in [2.24, 2.45) is 0 Å². The highest BCUT2D eigenvalue weighted by molar-refractivity contribution is 7.18. The summed E-state index contributed by atoms with van der Waals surface area (Å²) < 4.78 is 5.50. The molecule has 0 radical (unpaired) electrons. The number of fused-ring (bicyclic) bond motifs is 1. The SMILES string of the molecule is CC(C)c1cc2c(=O)[nH]c(CN(Cc3ccco3)CC(O)c3ccccc3)nc2s1. The minimum Gasteiger partial charge on any atom is -0.468 e. The van der Waals surface area contributed by atoms with Crippen LogP contribution in [0.4, 0.5) is 0 Å². The van der Waals surface area contributed by atoms with Crippen LogP contribution in [0.15, 0.2) is 64.0 Å². The zero-order chi connectivity index (χ0) is 21.1. The summed E-state index contributed by atoms with van der Waals surface area (Å²) >= 11 is 1.56. The van der Waals surface area contributed by atoms with E-state index in [2.05, 4.69) is 18.8 Å². The molecule has 4 rings (SSSR count). The van der Waals surface area contributed by atoms with Crippen LogP contribution < -0.4 is 5.56 Å². The van der Waals surface area contributed by atoms with Crippen LogP contribution in [0.25, 0.3) is 10.2 Å². The lowest BCUT2D eigenvalue weighted by Gasteiger charge is -2.24. The highest BCUT2D eigenvalue weighted by atomic mass is 32.1. The minimum atomic E-state index is -0.661. The lowest BCUT2D eigenvalue weighted by Crippen LogP contribution is -2.29. The Morgan fingerprint density at radius 3 is 2.67 bits per heavy atom. The van der Waals surface area contributed by atoms with Gasteiger partial charge in [-0.2, -0.15) is 0 Å². The molecule has 0 aliphatic rings. The van der Waals surface area contributed by atoms with Crippen molar-refractivity contribution in [2.45, 2.75) is 39.0 Å². The Balaban J connectivity index is 1.60. The van der Waals surface area contributed by atoms with Crippen LogP contribution in [0, 0.1) is 0 Å². The summed E-state index contributed by atoms with van der Waals surface area (Å²) in [5.41, 5.74) is 0.721. The summed E-state index contributed by atoms with van der Waals surface area (Å²) in [6, 6.07) is 15.2. The van der Waals surface area contributed by atoms with E-state index in [0.29, 0.717) is 36.8 Å². The van der Waals surface area contributed by atoms with E-state index >= 15 is 0 Å². The Kier molecular flexibility index (Phi) is 6.13. The molecular weight excluding hydrogens is 398 g/mol. The van der Waals surface area contributed by atoms with Crippen LogP contribution in [0.1, 0.15) is 47.9 Å². The van der Waals surface area contributed by atoms with Gasteiger partial charge < -0.3 is 14.5 Å². The monoisotopic (exact) mass is 423 g/mol. The van der Waals surface area contributed by atoms with Crippen molar-refractivity contribution in [3.05, 3.63) is 87.2 Å². The fourth-order valence-corrected chi connectivity index (χ4v) is 4.45. The first-order chi connectivity index (χ1) is 14.5. The van der Waals surface area contributed by atoms with E-state index in [-0.39, 0.29) is 5.56 Å². The maximum Gasteiger partial charge on any atom is 0.259 e. The molecule has 0 aliphatic carbocycles. The third kappa shape index (κ3) is 4.70. The molecule has 0 saturated carbocycles. The maximum atomic E-state index is 12.6. The van der Waals surface area contributed by atoms with Gasteiger partial charge in [-0.25, -0.2) is 4.98 Å². The van der Waals surface area contributed by atoms with E-state index in [4.69, 9.17) is 9.40 Å². The largest absolute Gasteiger partial charge is 0.468 e. The van der Waals surface area contributed by atoms with Crippen LogP contribution in [0.3, 0.4) is 0 Å². The van der Waals surface area contributed by atoms with Gasteiger partial charge in [0.25, 0.3) is 5.56 Å². The van der Waals surface area contributed by atoms with E-state index in [1.54, 1.807) is 17.6 Å². The summed E-state index contributed by atoms with van der Waals surface area (Å²) in [5, 5.41) is 11.4. The number of H-pyrrole nitrogens is 1. The Bertz CT molecular complexity index is 1150. The third-order valence-corrected chi connectivity index (χ3v) is 6.32. The van der Waals surface area contributed by atoms with Crippen LogP contribution in [0.5, 0.6) is 0 Å². The van der Waals surface area contributed by atoms with Crippen molar-refractivity contribution >= 4 is 21.6 Å². The lowest BCUT2D eigenvalue weighted by atomic mass is 10.1. The molecular formula is C23H25N3O3S. The molecule has 1 aromatic carbocycles. The first-order valence-electron chi connectivity index (χ1n) is 10.00. The van der Waals surface area contributed by atoms with Gasteiger partial charge in [0.1, 0.15) is 16.4 Å². The van der Waals surface area contributed by atoms with Gasteiger partial charge in [0.15, 0.2) is 0 Å². The predicted octanol–water partition coefficient (Wildman–Crippen LogP) is 4.44. The molecule has 4 aromatic rings. The van der Waals surface area contributed by atoms with E-state index in [0.717, 1.165) is 21.0 Å². The number of thiophene rings is 1. The molecule has 0 bridgehead atoms. The standard InChI is InChI=1S/C23H25N3O3S/c1-15(2)20-11-18-22(28)24-21(25-23(18)30-20)14-26(12-17-9-6-10-29-17)13-19(27)16-7-4-3-5-8-16/h3-11,15,19,27H,12-14H2,1-2H3,(H,24,25,28). The molecule has 3 heterocycles. The molecule has 0 amide bonds. The van der Waals surface area contributed by atoms with Gasteiger partial charge in [-0.05, 0) is 29.7 Å². The zero-order valence-corrected chi connectivity index (χ0v) is 17.9. The van der Waals surface area contributed by atoms with Gasteiger partial charge in [0, 0.05) is 11.4 Å². The Morgan fingerprint density at radius 2 is 1.97 bits per heavy atom. The Hall–Kier alpha value is -2.74. The molecule has 1 atom stereocenters. The number of hydrogen-bond acceptors (Lipinski definition) is 6. The first-order valence-corrected chi connectivity index (χ1v) is 10.8. The average Bonchev–Trinajstić information content (AvgIpc) is 3.38. The van der Waals surface area contributed by atoms with Crippen molar-refractivity contribution < 1.29 is 9.52 Å². The molecule has 7 heteroatoms. The van der Waals surface area contributed by atoms with E-state index < -0.39 is 6.10 Å². The molecule has 2 N–H and O–H groups in total. The normalized spacial score (nSPS) is 12.8. The first kappa shape index (κ1) is 20.5. The highest BCUT2D eigenvalue weighted by Gasteiger charge is 2.18. The number of aliphatic hydroxyl groups is 1. The maximum absolute atomic E-state index is 12.6. The molecule has 0 spiro atoms. The summed E-state index contributed by atoms with van der Waals surface area (Å²) in [6.45, 7) is 5.49. The van der Waals surface area contributed by atoms with Gasteiger partial charge in [-0.1, -0.05) is 44.2 Å². The van der Waals surface area contributed by atoms with Gasteiger partial charge in [-0.3, -0.25) is 9.69 Å². The van der Waals surface area contributed by atoms with Gasteiger partial charge >= 0.3 is 0 Å². The van der Waals surface area contributed by atoms with Crippen molar-refractivity contribution in [1.82, 2.24) is 14.9 Å². The number of rotatable bonds is 8.